The summed E-state index contributed by atoms with van der Waals surface area (Å²) in [5.74, 6) is -0.933. The Kier molecular flexibility index (Phi) is 10.5. The number of carbonyl (C=O) groups is 2. The highest BCUT2D eigenvalue weighted by atomic mass is 16.4. The molecule has 1 atom stereocenters. The fourth-order valence-corrected chi connectivity index (χ4v) is 0.632. The molecule has 0 aromatic heterocycles. The van der Waals surface area contributed by atoms with Crippen molar-refractivity contribution >= 4 is 12.1 Å². The average Bonchev–Trinajstić information content (AvgIpc) is 2.03. The second-order valence-corrected chi connectivity index (χ2v) is 2.57. The van der Waals surface area contributed by atoms with Crippen LogP contribution in [-0.4, -0.2) is 34.9 Å². The Morgan fingerprint density at radius 3 is 1.93 bits per heavy atom. The first-order valence-electron chi connectivity index (χ1n) is 4.08. The molecule has 7 nitrogen and oxygen atoms in total. The molecule has 7 heteroatoms. The van der Waals surface area contributed by atoms with Crippen LogP contribution in [-0.2, 0) is 4.79 Å². The quantitative estimate of drug-likeness (QED) is 0.370. The van der Waals surface area contributed by atoms with E-state index in [-0.39, 0.29) is 0 Å². The third-order valence-electron chi connectivity index (χ3n) is 1.29. The van der Waals surface area contributed by atoms with Crippen LogP contribution in [0, 0.1) is 0 Å². The third-order valence-corrected chi connectivity index (χ3v) is 1.29. The fourth-order valence-electron chi connectivity index (χ4n) is 0.632. The van der Waals surface area contributed by atoms with E-state index in [4.69, 9.17) is 26.5 Å². The van der Waals surface area contributed by atoms with Crippen molar-refractivity contribution in [1.29, 1.82) is 0 Å². The van der Waals surface area contributed by atoms with E-state index in [0.717, 1.165) is 12.8 Å². The van der Waals surface area contributed by atoms with Crippen LogP contribution in [0.3, 0.4) is 0 Å². The molecule has 0 aromatic carbocycles. The lowest BCUT2D eigenvalue weighted by molar-refractivity contribution is -0.138. The number of amides is 1. The first-order chi connectivity index (χ1) is 6.41. The molecular weight excluding hydrogens is 190 g/mol. The maximum atomic E-state index is 10.1. The SMILES string of the molecule is NC(=O)O.NCCCC[C@H](N)C(=O)O. The summed E-state index contributed by atoms with van der Waals surface area (Å²) < 4.78 is 0. The van der Waals surface area contributed by atoms with Crippen LogP contribution in [0.15, 0.2) is 0 Å². The van der Waals surface area contributed by atoms with Gasteiger partial charge in [0, 0.05) is 0 Å². The van der Waals surface area contributed by atoms with Gasteiger partial charge in [0.05, 0.1) is 0 Å². The zero-order chi connectivity index (χ0) is 11.6. The summed E-state index contributed by atoms with van der Waals surface area (Å²) in [6, 6.07) is -0.716. The van der Waals surface area contributed by atoms with E-state index >= 15 is 0 Å². The summed E-state index contributed by atoms with van der Waals surface area (Å²) in [5.41, 5.74) is 14.4. The molecule has 0 aliphatic heterocycles. The first-order valence-corrected chi connectivity index (χ1v) is 4.08. The molecule has 8 N–H and O–H groups in total. The highest BCUT2D eigenvalue weighted by Crippen LogP contribution is 1.96. The van der Waals surface area contributed by atoms with E-state index in [2.05, 4.69) is 5.73 Å². The van der Waals surface area contributed by atoms with Gasteiger partial charge in [-0.05, 0) is 19.4 Å². The second-order valence-electron chi connectivity index (χ2n) is 2.57. The molecule has 0 bridgehead atoms. The number of unbranched alkanes of at least 4 members (excludes halogenated alkanes) is 1. The van der Waals surface area contributed by atoms with Gasteiger partial charge in [0.1, 0.15) is 6.04 Å². The predicted molar refractivity (Wildman–Crippen MR) is 50.7 cm³/mol. The number of rotatable bonds is 5. The molecule has 0 aliphatic rings. The van der Waals surface area contributed by atoms with Crippen LogP contribution in [0.2, 0.25) is 0 Å². The molecule has 0 aliphatic carbocycles. The minimum Gasteiger partial charge on any atom is -0.480 e. The van der Waals surface area contributed by atoms with Crippen molar-refractivity contribution in [2.75, 3.05) is 6.54 Å². The molecule has 1 amide bonds. The lowest BCUT2D eigenvalue weighted by Gasteiger charge is -2.03. The van der Waals surface area contributed by atoms with Gasteiger partial charge in [-0.15, -0.1) is 0 Å². The Bertz CT molecular complexity index is 170. The van der Waals surface area contributed by atoms with Crippen molar-refractivity contribution in [2.45, 2.75) is 25.3 Å². The Balaban J connectivity index is 0. The highest BCUT2D eigenvalue weighted by molar-refractivity contribution is 5.72. The largest absolute Gasteiger partial charge is 0.480 e. The molecule has 0 saturated heterocycles. The number of aliphatic carboxylic acids is 1. The molecule has 0 fully saturated rings. The van der Waals surface area contributed by atoms with Gasteiger partial charge < -0.3 is 27.4 Å². The van der Waals surface area contributed by atoms with Crippen LogP contribution >= 0.6 is 0 Å². The van der Waals surface area contributed by atoms with E-state index in [0.29, 0.717) is 13.0 Å². The third kappa shape index (κ3) is 17.0. The van der Waals surface area contributed by atoms with Crippen molar-refractivity contribution in [1.82, 2.24) is 0 Å². The van der Waals surface area contributed by atoms with Gasteiger partial charge in [-0.1, -0.05) is 6.42 Å². The number of hydrogen-bond donors (Lipinski definition) is 5. The van der Waals surface area contributed by atoms with Gasteiger partial charge >= 0.3 is 12.1 Å². The number of hydrogen-bond acceptors (Lipinski definition) is 4. The predicted octanol–water partition coefficient (Wildman–Crippen LogP) is -0.850. The van der Waals surface area contributed by atoms with Crippen molar-refractivity contribution in [3.05, 3.63) is 0 Å². The standard InChI is InChI=1S/C6H14N2O2.CH3NO2/c7-4-2-1-3-5(8)6(9)10;2-1(3)4/h5H,1-4,7-8H2,(H,9,10);2H2,(H,3,4)/t5-;/m0./s1. The van der Waals surface area contributed by atoms with Crippen LogP contribution in [0.4, 0.5) is 4.79 Å². The molecule has 0 spiro atoms. The van der Waals surface area contributed by atoms with Gasteiger partial charge in [0.2, 0.25) is 0 Å². The van der Waals surface area contributed by atoms with Gasteiger partial charge in [-0.3, -0.25) is 4.79 Å². The summed E-state index contributed by atoms with van der Waals surface area (Å²) in [4.78, 5) is 18.9. The van der Waals surface area contributed by atoms with Gasteiger partial charge in [0.25, 0.3) is 0 Å². The maximum Gasteiger partial charge on any atom is 0.402 e. The molecule has 0 rings (SSSR count). The lowest BCUT2D eigenvalue weighted by atomic mass is 10.1. The van der Waals surface area contributed by atoms with Crippen LogP contribution in [0.1, 0.15) is 19.3 Å². The van der Waals surface area contributed by atoms with Crippen molar-refractivity contribution in [2.24, 2.45) is 17.2 Å². The minimum absolute atomic E-state index is 0.520. The van der Waals surface area contributed by atoms with E-state index in [1.165, 1.54) is 0 Å². The van der Waals surface area contributed by atoms with Crippen LogP contribution < -0.4 is 17.2 Å². The number of carboxylic acid groups (broad SMARTS) is 2. The molecule has 0 heterocycles. The Morgan fingerprint density at radius 1 is 1.21 bits per heavy atom. The minimum atomic E-state index is -1.33. The Morgan fingerprint density at radius 2 is 1.64 bits per heavy atom. The highest BCUT2D eigenvalue weighted by Gasteiger charge is 2.09. The van der Waals surface area contributed by atoms with E-state index in [1.54, 1.807) is 0 Å². The molecule has 0 aromatic rings. The molecule has 0 radical (unpaired) electrons. The summed E-state index contributed by atoms with van der Waals surface area (Å²) >= 11 is 0. The van der Waals surface area contributed by atoms with Gasteiger partial charge in [-0.2, -0.15) is 0 Å². The summed E-state index contributed by atoms with van der Waals surface area (Å²) in [5, 5.41) is 15.5. The molecule has 14 heavy (non-hydrogen) atoms. The summed E-state index contributed by atoms with van der Waals surface area (Å²) in [6.07, 6.45) is 0.831. The monoisotopic (exact) mass is 207 g/mol. The molecule has 0 saturated carbocycles. The van der Waals surface area contributed by atoms with Crippen molar-refractivity contribution in [3.8, 4) is 0 Å². The van der Waals surface area contributed by atoms with Crippen LogP contribution in [0.25, 0.3) is 0 Å². The normalized spacial score (nSPS) is 11.0. The number of carboxylic acids is 1. The topological polar surface area (TPSA) is 153 Å². The second kappa shape index (κ2) is 9.75. The molecular formula is C7H17N3O4. The number of primary amides is 1. The smallest absolute Gasteiger partial charge is 0.402 e. The summed E-state index contributed by atoms with van der Waals surface area (Å²) in [6.45, 7) is 0.604. The van der Waals surface area contributed by atoms with Crippen LogP contribution in [0.5, 0.6) is 0 Å². The van der Waals surface area contributed by atoms with Crippen molar-refractivity contribution < 1.29 is 19.8 Å². The summed E-state index contributed by atoms with van der Waals surface area (Å²) in [7, 11) is 0. The van der Waals surface area contributed by atoms with E-state index in [1.807, 2.05) is 0 Å². The van der Waals surface area contributed by atoms with E-state index < -0.39 is 18.1 Å². The van der Waals surface area contributed by atoms with E-state index in [9.17, 15) is 4.79 Å². The van der Waals surface area contributed by atoms with Crippen molar-refractivity contribution in [3.63, 3.8) is 0 Å². The maximum absolute atomic E-state index is 10.1. The molecule has 84 valence electrons. The first kappa shape index (κ1) is 15.1. The zero-order valence-corrected chi connectivity index (χ0v) is 7.85. The zero-order valence-electron chi connectivity index (χ0n) is 7.85. The lowest BCUT2D eigenvalue weighted by Crippen LogP contribution is -2.29. The molecule has 0 unspecified atom stereocenters. The Hall–Kier alpha value is -1.34. The van der Waals surface area contributed by atoms with Gasteiger partial charge in [0.15, 0.2) is 0 Å². The fraction of sp³-hybridized carbons (Fsp3) is 0.714. The van der Waals surface area contributed by atoms with Gasteiger partial charge in [-0.25, -0.2) is 4.79 Å². The average molecular weight is 207 g/mol. The Labute approximate surface area is 81.9 Å². The number of nitrogens with two attached hydrogens (primary N) is 3.